The van der Waals surface area contributed by atoms with Crippen LogP contribution in [0.1, 0.15) is 38.5 Å². The van der Waals surface area contributed by atoms with Crippen molar-refractivity contribution in [2.45, 2.75) is 44.5 Å². The molecular formula is C18H25N3O6S. The molecule has 2 unspecified atom stereocenters. The van der Waals surface area contributed by atoms with Crippen LogP contribution in [0, 0.1) is 0 Å². The average molecular weight is 411 g/mol. The zero-order chi connectivity index (χ0) is 21.3. The van der Waals surface area contributed by atoms with E-state index in [1.165, 1.54) is 6.92 Å². The number of nitrogens with one attached hydrogen (secondary N) is 1. The van der Waals surface area contributed by atoms with E-state index in [2.05, 4.69) is 10.3 Å². The summed E-state index contributed by atoms with van der Waals surface area (Å²) in [5.41, 5.74) is -0.541. The molecule has 2 atom stereocenters. The molecule has 1 aliphatic heterocycles. The van der Waals surface area contributed by atoms with Crippen LogP contribution >= 0.6 is 10.8 Å². The number of nitrogens with zero attached hydrogens (tertiary/aromatic N) is 2. The Morgan fingerprint density at radius 3 is 2.32 bits per heavy atom. The van der Waals surface area contributed by atoms with Crippen molar-refractivity contribution in [3.05, 3.63) is 35.9 Å². The first-order valence-corrected chi connectivity index (χ1v) is 10.2. The van der Waals surface area contributed by atoms with Gasteiger partial charge in [0, 0.05) is 0 Å². The van der Waals surface area contributed by atoms with Crippen molar-refractivity contribution < 1.29 is 28.6 Å². The van der Waals surface area contributed by atoms with Crippen LogP contribution in [0.3, 0.4) is 0 Å². The van der Waals surface area contributed by atoms with E-state index < -0.39 is 51.9 Å². The van der Waals surface area contributed by atoms with E-state index >= 15 is 0 Å². The van der Waals surface area contributed by atoms with Crippen molar-refractivity contribution in [2.75, 3.05) is 6.54 Å². The van der Waals surface area contributed by atoms with E-state index in [-0.39, 0.29) is 5.71 Å². The van der Waals surface area contributed by atoms with E-state index in [0.717, 1.165) is 4.31 Å². The second kappa shape index (κ2) is 7.90. The van der Waals surface area contributed by atoms with Crippen molar-refractivity contribution in [3.8, 4) is 0 Å². The number of amides is 2. The lowest BCUT2D eigenvalue weighted by Crippen LogP contribution is -2.44. The molecule has 28 heavy (non-hydrogen) atoms. The van der Waals surface area contributed by atoms with Gasteiger partial charge in [0.2, 0.25) is 5.91 Å². The molecule has 154 valence electrons. The Hall–Kier alpha value is -2.43. The second-order valence-corrected chi connectivity index (χ2v) is 9.41. The van der Waals surface area contributed by atoms with Crippen LogP contribution in [0.15, 0.2) is 35.3 Å². The fourth-order valence-corrected chi connectivity index (χ4v) is 5.28. The maximum absolute atomic E-state index is 13.0. The third kappa shape index (κ3) is 4.34. The van der Waals surface area contributed by atoms with Crippen molar-refractivity contribution in [1.82, 2.24) is 9.62 Å². The van der Waals surface area contributed by atoms with Gasteiger partial charge in [0.25, 0.3) is 5.91 Å². The highest BCUT2D eigenvalue weighted by atomic mass is 32.3. The van der Waals surface area contributed by atoms with Crippen molar-refractivity contribution >= 4 is 34.3 Å². The lowest BCUT2D eigenvalue weighted by Gasteiger charge is -2.46. The van der Waals surface area contributed by atoms with Crippen molar-refractivity contribution in [1.29, 1.82) is 0 Å². The Balaban J connectivity index is 2.42. The summed E-state index contributed by atoms with van der Waals surface area (Å²) in [6.07, 6.45) is 0. The van der Waals surface area contributed by atoms with Gasteiger partial charge in [-0.25, -0.2) is 4.31 Å². The van der Waals surface area contributed by atoms with E-state index in [1.54, 1.807) is 51.1 Å². The van der Waals surface area contributed by atoms with Crippen LogP contribution in [0.25, 0.3) is 0 Å². The second-order valence-electron chi connectivity index (χ2n) is 7.45. The molecule has 0 bridgehead atoms. The summed E-state index contributed by atoms with van der Waals surface area (Å²) in [6, 6.07) is 7.36. The SMILES string of the molecule is CC(NC(=O)CN=C1C(=O)N(C(C)(C)C)S(O)(O)C1c1ccccc1)C(=O)O. The summed E-state index contributed by atoms with van der Waals surface area (Å²) in [4.78, 5) is 39.8. The van der Waals surface area contributed by atoms with E-state index in [4.69, 9.17) is 5.11 Å². The number of aliphatic carboxylic acids is 1. The fraction of sp³-hybridized carbons (Fsp3) is 0.444. The van der Waals surface area contributed by atoms with Gasteiger partial charge in [0.15, 0.2) is 0 Å². The quantitative estimate of drug-likeness (QED) is 0.585. The van der Waals surface area contributed by atoms with Gasteiger partial charge >= 0.3 is 5.97 Å². The van der Waals surface area contributed by atoms with Gasteiger partial charge in [-0.15, -0.1) is 10.8 Å². The van der Waals surface area contributed by atoms with Crippen LogP contribution in [0.4, 0.5) is 0 Å². The summed E-state index contributed by atoms with van der Waals surface area (Å²) >= 11 is 0. The number of carbonyl (C=O) groups excluding carboxylic acids is 2. The number of carbonyl (C=O) groups is 3. The first-order chi connectivity index (χ1) is 12.9. The summed E-state index contributed by atoms with van der Waals surface area (Å²) in [5, 5.41) is 10.0. The third-order valence-corrected chi connectivity index (χ3v) is 6.47. The topological polar surface area (TPSA) is 140 Å². The Morgan fingerprint density at radius 1 is 1.25 bits per heavy atom. The monoisotopic (exact) mass is 411 g/mol. The van der Waals surface area contributed by atoms with Crippen molar-refractivity contribution in [3.63, 3.8) is 0 Å². The standard InChI is InChI=1S/C18H25N3O6S/c1-11(17(24)25)20-13(22)10-19-14-15(12-8-6-5-7-9-12)28(26,27)21(16(14)23)18(2,3)4/h5-9,11,15,26-27H,10H2,1-4H3,(H,20,22)(H,24,25). The molecular weight excluding hydrogens is 386 g/mol. The maximum Gasteiger partial charge on any atom is 0.325 e. The molecule has 9 nitrogen and oxygen atoms in total. The highest BCUT2D eigenvalue weighted by Gasteiger charge is 2.54. The lowest BCUT2D eigenvalue weighted by atomic mass is 10.1. The van der Waals surface area contributed by atoms with Crippen LogP contribution in [0.2, 0.25) is 0 Å². The first kappa shape index (κ1) is 21.9. The molecule has 1 aromatic carbocycles. The molecule has 0 saturated carbocycles. The van der Waals surface area contributed by atoms with Crippen LogP contribution in [0.5, 0.6) is 0 Å². The highest BCUT2D eigenvalue weighted by molar-refractivity contribution is 8.24. The molecule has 1 fully saturated rings. The molecule has 1 heterocycles. The van der Waals surface area contributed by atoms with Gasteiger partial charge in [0.1, 0.15) is 23.5 Å². The molecule has 0 aliphatic carbocycles. The van der Waals surface area contributed by atoms with E-state index in [9.17, 15) is 23.5 Å². The van der Waals surface area contributed by atoms with E-state index in [1.807, 2.05) is 0 Å². The fourth-order valence-electron chi connectivity index (χ4n) is 2.93. The molecule has 4 N–H and O–H groups in total. The normalized spacial score (nSPS) is 22.8. The number of aliphatic imine (C=N–C) groups is 1. The number of rotatable bonds is 5. The number of carboxylic acids is 1. The zero-order valence-corrected chi connectivity index (χ0v) is 16.9. The summed E-state index contributed by atoms with van der Waals surface area (Å²) in [7, 11) is -3.59. The van der Waals surface area contributed by atoms with Crippen LogP contribution in [-0.4, -0.2) is 60.1 Å². The summed E-state index contributed by atoms with van der Waals surface area (Å²) in [5.74, 6) is -2.55. The minimum absolute atomic E-state index is 0.140. The van der Waals surface area contributed by atoms with Gasteiger partial charge < -0.3 is 10.4 Å². The molecule has 1 aliphatic rings. The lowest BCUT2D eigenvalue weighted by molar-refractivity contribution is -0.141. The van der Waals surface area contributed by atoms with Crippen LogP contribution in [-0.2, 0) is 14.4 Å². The largest absolute Gasteiger partial charge is 0.480 e. The highest BCUT2D eigenvalue weighted by Crippen LogP contribution is 2.64. The number of hydrogen-bond acceptors (Lipinski definition) is 6. The van der Waals surface area contributed by atoms with Gasteiger partial charge in [0.05, 0.1) is 5.54 Å². The molecule has 2 amide bonds. The number of hydrogen-bond donors (Lipinski definition) is 4. The van der Waals surface area contributed by atoms with Gasteiger partial charge in [-0.05, 0) is 33.3 Å². The molecule has 1 saturated heterocycles. The zero-order valence-electron chi connectivity index (χ0n) is 16.1. The molecule has 1 aromatic rings. The van der Waals surface area contributed by atoms with Gasteiger partial charge in [-0.2, -0.15) is 0 Å². The van der Waals surface area contributed by atoms with Gasteiger partial charge in [-0.3, -0.25) is 28.5 Å². The minimum Gasteiger partial charge on any atom is -0.480 e. The number of benzene rings is 1. The van der Waals surface area contributed by atoms with Gasteiger partial charge in [-0.1, -0.05) is 30.3 Å². The Morgan fingerprint density at radius 2 is 1.82 bits per heavy atom. The smallest absolute Gasteiger partial charge is 0.325 e. The molecule has 0 radical (unpaired) electrons. The predicted octanol–water partition coefficient (Wildman–Crippen LogP) is 2.06. The molecule has 10 heteroatoms. The molecule has 2 rings (SSSR count). The van der Waals surface area contributed by atoms with Crippen LogP contribution < -0.4 is 5.32 Å². The summed E-state index contributed by atoms with van der Waals surface area (Å²) in [6.45, 7) is 5.82. The van der Waals surface area contributed by atoms with Crippen molar-refractivity contribution in [2.24, 2.45) is 4.99 Å². The Kier molecular flexibility index (Phi) is 6.17. The Bertz CT molecular complexity index is 803. The summed E-state index contributed by atoms with van der Waals surface area (Å²) < 4.78 is 22.8. The first-order valence-electron chi connectivity index (χ1n) is 8.60. The maximum atomic E-state index is 13.0. The molecule has 0 spiro atoms. The number of carboxylic acid groups (broad SMARTS) is 1. The minimum atomic E-state index is -3.59. The van der Waals surface area contributed by atoms with E-state index in [0.29, 0.717) is 5.56 Å². The predicted molar refractivity (Wildman–Crippen MR) is 106 cm³/mol. The third-order valence-electron chi connectivity index (χ3n) is 4.09. The average Bonchev–Trinajstić information content (AvgIpc) is 2.78. The Labute approximate surface area is 164 Å². The molecule has 0 aromatic heterocycles.